The summed E-state index contributed by atoms with van der Waals surface area (Å²) in [7, 11) is 3.23. The van der Waals surface area contributed by atoms with E-state index < -0.39 is 0 Å². The van der Waals surface area contributed by atoms with Gasteiger partial charge < -0.3 is 18.9 Å². The van der Waals surface area contributed by atoms with E-state index in [0.717, 1.165) is 17.1 Å². The van der Waals surface area contributed by atoms with Gasteiger partial charge in [-0.05, 0) is 18.2 Å². The molecule has 25 heavy (non-hydrogen) atoms. The number of amides is 1. The maximum absolute atomic E-state index is 12.4. The molecule has 1 aromatic heterocycles. The molecule has 0 bridgehead atoms. The van der Waals surface area contributed by atoms with Crippen LogP contribution in [0.1, 0.15) is 49.4 Å². The molecule has 0 saturated carbocycles. The van der Waals surface area contributed by atoms with Crippen molar-refractivity contribution in [2.24, 2.45) is 0 Å². The van der Waals surface area contributed by atoms with Gasteiger partial charge in [0.1, 0.15) is 11.5 Å². The number of nitrogens with zero attached hydrogens (tertiary/aromatic N) is 3. The third-order valence-electron chi connectivity index (χ3n) is 4.39. The van der Waals surface area contributed by atoms with Gasteiger partial charge in [0.05, 0.1) is 20.1 Å². The van der Waals surface area contributed by atoms with E-state index >= 15 is 0 Å². The molecule has 0 radical (unpaired) electrons. The summed E-state index contributed by atoms with van der Waals surface area (Å²) in [5.74, 6) is 2.89. The first-order valence-electron chi connectivity index (χ1n) is 8.34. The van der Waals surface area contributed by atoms with Crippen LogP contribution in [0.15, 0.2) is 22.7 Å². The number of methoxy groups -OCH3 is 2. The molecule has 7 nitrogen and oxygen atoms in total. The van der Waals surface area contributed by atoms with E-state index in [1.54, 1.807) is 19.1 Å². The Morgan fingerprint density at radius 2 is 2.12 bits per heavy atom. The highest BCUT2D eigenvalue weighted by Crippen LogP contribution is 2.31. The molecule has 0 aliphatic carbocycles. The van der Waals surface area contributed by atoms with E-state index in [9.17, 15) is 4.79 Å². The Labute approximate surface area is 146 Å². The van der Waals surface area contributed by atoms with Crippen LogP contribution in [-0.4, -0.2) is 41.7 Å². The zero-order valence-electron chi connectivity index (χ0n) is 15.0. The lowest BCUT2D eigenvalue weighted by molar-refractivity contribution is -0.128. The molecular weight excluding hydrogens is 322 g/mol. The van der Waals surface area contributed by atoms with Crippen LogP contribution in [0.5, 0.6) is 11.5 Å². The number of rotatable bonds is 6. The van der Waals surface area contributed by atoms with Gasteiger partial charge in [0, 0.05) is 31.0 Å². The van der Waals surface area contributed by atoms with E-state index in [1.807, 2.05) is 32.0 Å². The van der Waals surface area contributed by atoms with Crippen molar-refractivity contribution in [1.29, 1.82) is 0 Å². The summed E-state index contributed by atoms with van der Waals surface area (Å²) in [6, 6.07) is 5.57. The van der Waals surface area contributed by atoms with Crippen LogP contribution in [0.25, 0.3) is 0 Å². The van der Waals surface area contributed by atoms with Crippen LogP contribution >= 0.6 is 0 Å². The topological polar surface area (TPSA) is 77.7 Å². The van der Waals surface area contributed by atoms with Crippen molar-refractivity contribution in [2.75, 3.05) is 20.8 Å². The van der Waals surface area contributed by atoms with Gasteiger partial charge in [-0.3, -0.25) is 4.79 Å². The van der Waals surface area contributed by atoms with Crippen molar-refractivity contribution >= 4 is 5.91 Å². The number of ether oxygens (including phenoxy) is 2. The van der Waals surface area contributed by atoms with E-state index in [4.69, 9.17) is 14.0 Å². The van der Waals surface area contributed by atoms with Gasteiger partial charge in [0.25, 0.3) is 0 Å². The number of hydrogen-bond acceptors (Lipinski definition) is 6. The van der Waals surface area contributed by atoms with Gasteiger partial charge in [0.2, 0.25) is 11.8 Å². The molecule has 3 rings (SSSR count). The number of benzene rings is 1. The highest BCUT2D eigenvalue weighted by Gasteiger charge is 2.34. The quantitative estimate of drug-likeness (QED) is 0.801. The fourth-order valence-corrected chi connectivity index (χ4v) is 2.95. The summed E-state index contributed by atoms with van der Waals surface area (Å²) >= 11 is 0. The minimum absolute atomic E-state index is 0.0656. The lowest BCUT2D eigenvalue weighted by Crippen LogP contribution is -2.24. The Bertz CT molecular complexity index is 757. The summed E-state index contributed by atoms with van der Waals surface area (Å²) < 4.78 is 16.0. The normalized spacial score (nSPS) is 17.4. The summed E-state index contributed by atoms with van der Waals surface area (Å²) in [5, 5.41) is 3.99. The molecule has 134 valence electrons. The number of aromatic nitrogens is 2. The average Bonchev–Trinajstić information content (AvgIpc) is 3.22. The van der Waals surface area contributed by atoms with E-state index in [1.165, 1.54) is 0 Å². The SMILES string of the molecule is COc1ccc(OC)c(CN2CC(c3nc(C(C)C)no3)CC2=O)c1. The Balaban J connectivity index is 1.75. The zero-order chi connectivity index (χ0) is 18.0. The molecule has 2 aromatic rings. The maximum Gasteiger partial charge on any atom is 0.232 e. The van der Waals surface area contributed by atoms with Gasteiger partial charge in [-0.15, -0.1) is 0 Å². The first kappa shape index (κ1) is 17.3. The second kappa shape index (κ2) is 7.13. The lowest BCUT2D eigenvalue weighted by atomic mass is 10.1. The van der Waals surface area contributed by atoms with Crippen LogP contribution in [0.4, 0.5) is 0 Å². The molecule has 2 heterocycles. The minimum atomic E-state index is -0.0656. The van der Waals surface area contributed by atoms with Gasteiger partial charge in [-0.2, -0.15) is 4.98 Å². The standard InChI is InChI=1S/C18H23N3O4/c1-11(2)17-19-18(25-20-17)13-8-16(22)21(10-13)9-12-7-14(23-3)5-6-15(12)24-4/h5-7,11,13H,8-10H2,1-4H3. The molecule has 1 amide bonds. The number of carbonyl (C=O) groups is 1. The Morgan fingerprint density at radius 3 is 2.76 bits per heavy atom. The predicted octanol–water partition coefficient (Wildman–Crippen LogP) is 2.73. The van der Waals surface area contributed by atoms with Crippen molar-refractivity contribution in [1.82, 2.24) is 15.0 Å². The molecule has 7 heteroatoms. The van der Waals surface area contributed by atoms with Crippen molar-refractivity contribution in [2.45, 2.75) is 38.6 Å². The molecule has 0 N–H and O–H groups in total. The fraction of sp³-hybridized carbons (Fsp3) is 0.500. The molecule has 1 atom stereocenters. The highest BCUT2D eigenvalue weighted by atomic mass is 16.5. The molecular formula is C18H23N3O4. The second-order valence-electron chi connectivity index (χ2n) is 6.50. The fourth-order valence-electron chi connectivity index (χ4n) is 2.95. The molecule has 1 unspecified atom stereocenters. The average molecular weight is 345 g/mol. The van der Waals surface area contributed by atoms with Crippen LogP contribution in [0.3, 0.4) is 0 Å². The third kappa shape index (κ3) is 3.60. The number of likely N-dealkylation sites (tertiary alicyclic amines) is 1. The molecule has 1 aromatic carbocycles. The molecule has 1 saturated heterocycles. The van der Waals surface area contributed by atoms with Crippen LogP contribution in [-0.2, 0) is 11.3 Å². The van der Waals surface area contributed by atoms with Crippen molar-refractivity contribution in [3.63, 3.8) is 0 Å². The summed E-state index contributed by atoms with van der Waals surface area (Å²) in [6.07, 6.45) is 0.381. The Morgan fingerprint density at radius 1 is 1.32 bits per heavy atom. The smallest absolute Gasteiger partial charge is 0.232 e. The second-order valence-corrected chi connectivity index (χ2v) is 6.50. The summed E-state index contributed by atoms with van der Waals surface area (Å²) in [5.41, 5.74) is 0.907. The van der Waals surface area contributed by atoms with E-state index in [0.29, 0.717) is 31.2 Å². The van der Waals surface area contributed by atoms with Crippen LogP contribution in [0, 0.1) is 0 Å². The maximum atomic E-state index is 12.4. The summed E-state index contributed by atoms with van der Waals surface area (Å²) in [4.78, 5) is 18.6. The van der Waals surface area contributed by atoms with Crippen molar-refractivity contribution in [3.8, 4) is 11.5 Å². The molecule has 1 aliphatic heterocycles. The monoisotopic (exact) mass is 345 g/mol. The number of hydrogen-bond donors (Lipinski definition) is 0. The van der Waals surface area contributed by atoms with Crippen LogP contribution < -0.4 is 9.47 Å². The zero-order valence-corrected chi connectivity index (χ0v) is 15.0. The first-order chi connectivity index (χ1) is 12.0. The number of carbonyl (C=O) groups excluding carboxylic acids is 1. The van der Waals surface area contributed by atoms with Crippen molar-refractivity contribution in [3.05, 3.63) is 35.5 Å². The first-order valence-corrected chi connectivity index (χ1v) is 8.34. The van der Waals surface area contributed by atoms with E-state index in [-0.39, 0.29) is 17.7 Å². The Hall–Kier alpha value is -2.57. The van der Waals surface area contributed by atoms with Gasteiger partial charge in [-0.1, -0.05) is 19.0 Å². The predicted molar refractivity (Wildman–Crippen MR) is 90.7 cm³/mol. The highest BCUT2D eigenvalue weighted by molar-refractivity contribution is 5.79. The van der Waals surface area contributed by atoms with Crippen LogP contribution in [0.2, 0.25) is 0 Å². The van der Waals surface area contributed by atoms with Gasteiger partial charge >= 0.3 is 0 Å². The third-order valence-corrected chi connectivity index (χ3v) is 4.39. The lowest BCUT2D eigenvalue weighted by Gasteiger charge is -2.18. The largest absolute Gasteiger partial charge is 0.497 e. The molecule has 1 fully saturated rings. The Kier molecular flexibility index (Phi) is 4.92. The molecule has 1 aliphatic rings. The summed E-state index contributed by atoms with van der Waals surface area (Å²) in [6.45, 7) is 5.03. The van der Waals surface area contributed by atoms with E-state index in [2.05, 4.69) is 10.1 Å². The van der Waals surface area contributed by atoms with Crippen molar-refractivity contribution < 1.29 is 18.8 Å². The van der Waals surface area contributed by atoms with Gasteiger partial charge in [0.15, 0.2) is 5.82 Å². The van der Waals surface area contributed by atoms with Gasteiger partial charge in [-0.25, -0.2) is 0 Å². The molecule has 0 spiro atoms. The minimum Gasteiger partial charge on any atom is -0.497 e.